The van der Waals surface area contributed by atoms with Crippen LogP contribution in [0.4, 0.5) is 4.79 Å². The zero-order chi connectivity index (χ0) is 16.3. The molecule has 6 heteroatoms. The number of aryl methyl sites for hydroxylation is 2. The van der Waals surface area contributed by atoms with Gasteiger partial charge in [0.05, 0.1) is 5.52 Å². The summed E-state index contributed by atoms with van der Waals surface area (Å²) in [5.41, 5.74) is 1.82. The van der Waals surface area contributed by atoms with E-state index >= 15 is 0 Å². The van der Waals surface area contributed by atoms with E-state index in [1.807, 2.05) is 30.8 Å². The summed E-state index contributed by atoms with van der Waals surface area (Å²) in [5.74, 6) is -0.601. The van der Waals surface area contributed by atoms with E-state index in [2.05, 4.69) is 0 Å². The normalized spacial score (nSPS) is 10.7. The van der Waals surface area contributed by atoms with Gasteiger partial charge in [0, 0.05) is 44.3 Å². The summed E-state index contributed by atoms with van der Waals surface area (Å²) in [5, 5.41) is 11.6. The van der Waals surface area contributed by atoms with Crippen molar-refractivity contribution in [1.29, 1.82) is 0 Å². The maximum absolute atomic E-state index is 11.8. The molecule has 1 aromatic carbocycles. The number of fused-ring (bicyclic) bond motifs is 1. The zero-order valence-corrected chi connectivity index (χ0v) is 13.0. The number of rotatable bonds is 5. The van der Waals surface area contributed by atoms with Crippen LogP contribution in [0.5, 0.6) is 5.75 Å². The van der Waals surface area contributed by atoms with E-state index in [4.69, 9.17) is 4.74 Å². The van der Waals surface area contributed by atoms with Gasteiger partial charge in [0.15, 0.2) is 0 Å². The van der Waals surface area contributed by atoms with Crippen LogP contribution in [-0.2, 0) is 18.3 Å². The number of carbonyl (C=O) groups is 2. The van der Waals surface area contributed by atoms with Crippen molar-refractivity contribution in [3.8, 4) is 5.75 Å². The summed E-state index contributed by atoms with van der Waals surface area (Å²) >= 11 is 0. The van der Waals surface area contributed by atoms with E-state index < -0.39 is 12.1 Å². The molecule has 22 heavy (non-hydrogen) atoms. The van der Waals surface area contributed by atoms with Crippen LogP contribution >= 0.6 is 0 Å². The van der Waals surface area contributed by atoms with Gasteiger partial charge in [-0.05, 0) is 37.5 Å². The molecule has 2 rings (SSSR count). The highest BCUT2D eigenvalue weighted by atomic mass is 16.6. The first kappa shape index (κ1) is 15.9. The first-order chi connectivity index (χ1) is 10.4. The Morgan fingerprint density at radius 2 is 2.09 bits per heavy atom. The molecule has 0 N–H and O–H groups in total. The summed E-state index contributed by atoms with van der Waals surface area (Å²) in [7, 11) is 3.54. The minimum absolute atomic E-state index is 0.0167. The highest BCUT2D eigenvalue weighted by molar-refractivity contribution is 5.86. The molecule has 0 saturated carbocycles. The molecule has 0 unspecified atom stereocenters. The fraction of sp³-hybridized carbons (Fsp3) is 0.375. The monoisotopic (exact) mass is 303 g/mol. The Kier molecular flexibility index (Phi) is 4.70. The van der Waals surface area contributed by atoms with E-state index in [1.165, 1.54) is 4.90 Å². The third-order valence-electron chi connectivity index (χ3n) is 3.63. The molecule has 1 aromatic heterocycles. The lowest BCUT2D eigenvalue weighted by molar-refractivity contribution is -0.305. The van der Waals surface area contributed by atoms with Crippen molar-refractivity contribution in [2.24, 2.45) is 7.05 Å². The molecule has 0 bridgehead atoms. The van der Waals surface area contributed by atoms with Gasteiger partial charge >= 0.3 is 6.09 Å². The summed E-state index contributed by atoms with van der Waals surface area (Å²) in [6.45, 7) is 2.43. The van der Waals surface area contributed by atoms with Crippen molar-refractivity contribution in [1.82, 2.24) is 9.47 Å². The van der Waals surface area contributed by atoms with E-state index in [1.54, 1.807) is 19.2 Å². The Bertz CT molecular complexity index is 705. The number of carboxylic acid groups (broad SMARTS) is 1. The minimum atomic E-state index is -1.06. The molecule has 0 saturated heterocycles. The van der Waals surface area contributed by atoms with Gasteiger partial charge in [-0.1, -0.05) is 0 Å². The number of aromatic nitrogens is 1. The number of nitrogens with zero attached hydrogens (tertiary/aromatic N) is 2. The molecule has 0 aliphatic carbocycles. The smallest absolute Gasteiger partial charge is 0.414 e. The van der Waals surface area contributed by atoms with Crippen LogP contribution in [0.25, 0.3) is 10.9 Å². The van der Waals surface area contributed by atoms with Gasteiger partial charge < -0.3 is 24.1 Å². The Morgan fingerprint density at radius 3 is 2.73 bits per heavy atom. The fourth-order valence-corrected chi connectivity index (χ4v) is 2.25. The first-order valence-electron chi connectivity index (χ1n) is 7.13. The molecular formula is C16H19N2O4-. The van der Waals surface area contributed by atoms with E-state index in [0.29, 0.717) is 18.7 Å². The fourth-order valence-electron chi connectivity index (χ4n) is 2.25. The van der Waals surface area contributed by atoms with Crippen LogP contribution in [0.15, 0.2) is 24.4 Å². The van der Waals surface area contributed by atoms with Crippen LogP contribution < -0.4 is 9.84 Å². The molecular weight excluding hydrogens is 284 g/mol. The average molecular weight is 303 g/mol. The summed E-state index contributed by atoms with van der Waals surface area (Å²) in [4.78, 5) is 23.8. The predicted molar refractivity (Wildman–Crippen MR) is 80.6 cm³/mol. The first-order valence-corrected chi connectivity index (χ1v) is 7.13. The highest BCUT2D eigenvalue weighted by Crippen LogP contribution is 2.26. The second-order valence-corrected chi connectivity index (χ2v) is 5.20. The van der Waals surface area contributed by atoms with E-state index in [0.717, 1.165) is 16.5 Å². The molecule has 6 nitrogen and oxygen atoms in total. The third-order valence-corrected chi connectivity index (χ3v) is 3.63. The topological polar surface area (TPSA) is 74.6 Å². The van der Waals surface area contributed by atoms with Gasteiger partial charge in [-0.25, -0.2) is 4.79 Å². The number of benzene rings is 1. The number of carbonyl (C=O) groups excluding carboxylic acids is 2. The Balaban J connectivity index is 2.26. The maximum Gasteiger partial charge on any atom is 0.414 e. The second-order valence-electron chi connectivity index (χ2n) is 5.20. The number of amides is 1. The SMILES string of the molecule is CCN(C)C(=O)Oc1ccc2c(CCC(=O)[O-])cn(C)c2c1. The van der Waals surface area contributed by atoms with Crippen LogP contribution in [-0.4, -0.2) is 35.1 Å². The molecule has 1 heterocycles. The standard InChI is InChI=1S/C16H20N2O4/c1-4-17(2)16(21)22-12-6-7-13-11(5-8-15(19)20)10-18(3)14(13)9-12/h6-7,9-10H,4-5,8H2,1-3H3,(H,19,20)/p-1. The number of ether oxygens (including phenoxy) is 1. The quantitative estimate of drug-likeness (QED) is 0.834. The molecule has 0 aliphatic heterocycles. The lowest BCUT2D eigenvalue weighted by Gasteiger charge is -2.14. The molecule has 118 valence electrons. The van der Waals surface area contributed by atoms with Crippen LogP contribution in [0.3, 0.4) is 0 Å². The Morgan fingerprint density at radius 1 is 1.36 bits per heavy atom. The molecule has 2 aromatic rings. The van der Waals surface area contributed by atoms with Gasteiger partial charge in [0.25, 0.3) is 0 Å². The summed E-state index contributed by atoms with van der Waals surface area (Å²) < 4.78 is 7.20. The zero-order valence-electron chi connectivity index (χ0n) is 13.0. The molecule has 0 atom stereocenters. The summed E-state index contributed by atoms with van der Waals surface area (Å²) in [6.07, 6.45) is 1.87. The highest BCUT2D eigenvalue weighted by Gasteiger charge is 2.12. The largest absolute Gasteiger partial charge is 0.550 e. The van der Waals surface area contributed by atoms with E-state index in [-0.39, 0.29) is 6.42 Å². The maximum atomic E-state index is 11.8. The second kappa shape index (κ2) is 6.51. The minimum Gasteiger partial charge on any atom is -0.550 e. The Labute approximate surface area is 128 Å². The van der Waals surface area contributed by atoms with Gasteiger partial charge in [-0.3, -0.25) is 0 Å². The third kappa shape index (κ3) is 3.39. The van der Waals surface area contributed by atoms with E-state index in [9.17, 15) is 14.7 Å². The molecule has 0 radical (unpaired) electrons. The van der Waals surface area contributed by atoms with Gasteiger partial charge in [-0.2, -0.15) is 0 Å². The number of aliphatic carboxylic acids is 1. The van der Waals surface area contributed by atoms with Crippen LogP contribution in [0.1, 0.15) is 18.9 Å². The predicted octanol–water partition coefficient (Wildman–Crippen LogP) is 1.31. The van der Waals surface area contributed by atoms with Crippen LogP contribution in [0, 0.1) is 0 Å². The molecule has 1 amide bonds. The summed E-state index contributed by atoms with van der Waals surface area (Å²) in [6, 6.07) is 5.33. The van der Waals surface area contributed by atoms with Crippen molar-refractivity contribution in [3.05, 3.63) is 30.0 Å². The lowest BCUT2D eigenvalue weighted by atomic mass is 10.1. The molecule has 0 spiro atoms. The van der Waals surface area contributed by atoms with Gasteiger partial charge in [0.2, 0.25) is 0 Å². The Hall–Kier alpha value is -2.50. The van der Waals surface area contributed by atoms with Crippen LogP contribution in [0.2, 0.25) is 0 Å². The number of hydrogen-bond donors (Lipinski definition) is 0. The van der Waals surface area contributed by atoms with Crippen molar-refractivity contribution in [2.45, 2.75) is 19.8 Å². The van der Waals surface area contributed by atoms with Gasteiger partial charge in [0.1, 0.15) is 5.75 Å². The molecule has 0 fully saturated rings. The number of carboxylic acids is 1. The van der Waals surface area contributed by atoms with Crippen molar-refractivity contribution in [3.63, 3.8) is 0 Å². The molecule has 0 aliphatic rings. The van der Waals surface area contributed by atoms with Gasteiger partial charge in [-0.15, -0.1) is 0 Å². The number of hydrogen-bond acceptors (Lipinski definition) is 4. The lowest BCUT2D eigenvalue weighted by Crippen LogP contribution is -2.29. The van der Waals surface area contributed by atoms with Crippen molar-refractivity contribution in [2.75, 3.05) is 13.6 Å². The van der Waals surface area contributed by atoms with Crippen molar-refractivity contribution < 1.29 is 19.4 Å². The van der Waals surface area contributed by atoms with Crippen molar-refractivity contribution >= 4 is 23.0 Å². The average Bonchev–Trinajstić information content (AvgIpc) is 2.80.